The molecular weight excluding hydrogens is 302 g/mol. The molecule has 0 radical (unpaired) electrons. The number of benzene rings is 1. The number of rotatable bonds is 5. The van der Waals surface area contributed by atoms with E-state index in [9.17, 15) is 14.4 Å². The molecule has 0 saturated carbocycles. The molecule has 0 heterocycles. The number of hydrogen-bond acceptors (Lipinski definition) is 6. The summed E-state index contributed by atoms with van der Waals surface area (Å²) in [6, 6.07) is 6.29. The van der Waals surface area contributed by atoms with E-state index in [0.717, 1.165) is 0 Å². The number of carbonyl (C=O) groups excluding carboxylic acids is 3. The number of nitrogens with zero attached hydrogens (tertiary/aromatic N) is 1. The average Bonchev–Trinajstić information content (AvgIpc) is 2.46. The minimum absolute atomic E-state index is 0.0681. The van der Waals surface area contributed by atoms with Gasteiger partial charge in [-0.1, -0.05) is 26.0 Å². The van der Waals surface area contributed by atoms with Gasteiger partial charge in [0.15, 0.2) is 0 Å². The van der Waals surface area contributed by atoms with Gasteiger partial charge in [0.05, 0.1) is 11.5 Å². The number of ether oxygens (including phenoxy) is 3. The molecule has 0 saturated heterocycles. The van der Waals surface area contributed by atoms with Crippen molar-refractivity contribution in [3.8, 4) is 5.75 Å². The first-order chi connectivity index (χ1) is 10.7. The molecule has 0 fully saturated rings. The van der Waals surface area contributed by atoms with Gasteiger partial charge in [0.25, 0.3) is 5.91 Å². The molecule has 0 bridgehead atoms. The maximum Gasteiger partial charge on any atom is 0.516 e. The fraction of sp³-hybridized carbons (Fsp3) is 0.438. The maximum absolute atomic E-state index is 12.0. The van der Waals surface area contributed by atoms with E-state index in [0.29, 0.717) is 0 Å². The summed E-state index contributed by atoms with van der Waals surface area (Å²) in [5.74, 6) is -1.07. The summed E-state index contributed by atoms with van der Waals surface area (Å²) in [5, 5.41) is 0. The molecule has 7 heteroatoms. The first kappa shape index (κ1) is 18.5. The van der Waals surface area contributed by atoms with Crippen LogP contribution in [0.2, 0.25) is 0 Å². The maximum atomic E-state index is 12.0. The molecule has 0 aliphatic heterocycles. The summed E-state index contributed by atoms with van der Waals surface area (Å²) in [5.41, 5.74) is 0.223. The van der Waals surface area contributed by atoms with Crippen LogP contribution >= 0.6 is 0 Å². The molecule has 1 aromatic carbocycles. The van der Waals surface area contributed by atoms with E-state index in [-0.39, 0.29) is 23.1 Å². The van der Waals surface area contributed by atoms with Crippen molar-refractivity contribution in [1.29, 1.82) is 0 Å². The van der Waals surface area contributed by atoms with E-state index in [2.05, 4.69) is 0 Å². The molecule has 1 aromatic rings. The van der Waals surface area contributed by atoms with E-state index in [1.807, 2.05) is 0 Å². The van der Waals surface area contributed by atoms with Crippen LogP contribution in [-0.4, -0.2) is 43.3 Å². The Morgan fingerprint density at radius 1 is 1.00 bits per heavy atom. The lowest BCUT2D eigenvalue weighted by atomic mass is 10.2. The minimum atomic E-state index is -1.09. The van der Waals surface area contributed by atoms with Crippen molar-refractivity contribution in [3.05, 3.63) is 29.8 Å². The fourth-order valence-electron chi connectivity index (χ4n) is 1.55. The highest BCUT2D eigenvalue weighted by Crippen LogP contribution is 2.20. The molecule has 0 aromatic heterocycles. The molecule has 0 spiro atoms. The van der Waals surface area contributed by atoms with Gasteiger partial charge in [-0.3, -0.25) is 9.59 Å². The number of esters is 1. The van der Waals surface area contributed by atoms with Crippen LogP contribution in [0.4, 0.5) is 4.79 Å². The van der Waals surface area contributed by atoms with Crippen molar-refractivity contribution in [2.75, 3.05) is 14.1 Å². The number of hydrogen-bond donors (Lipinski definition) is 0. The predicted octanol–water partition coefficient (Wildman–Crippen LogP) is 2.45. The Morgan fingerprint density at radius 3 is 2.17 bits per heavy atom. The zero-order valence-electron chi connectivity index (χ0n) is 13.9. The molecule has 1 atom stereocenters. The summed E-state index contributed by atoms with van der Waals surface area (Å²) in [7, 11) is 3.18. The third kappa shape index (κ3) is 5.61. The van der Waals surface area contributed by atoms with Gasteiger partial charge < -0.3 is 19.1 Å². The van der Waals surface area contributed by atoms with Crippen LogP contribution in [0.5, 0.6) is 5.75 Å². The SMILES string of the molecule is CC(C)C(=O)O[C@@H](C)OC(=O)Oc1ccccc1C(=O)N(C)C. The molecule has 126 valence electrons. The summed E-state index contributed by atoms with van der Waals surface area (Å²) >= 11 is 0. The van der Waals surface area contributed by atoms with Crippen molar-refractivity contribution in [2.24, 2.45) is 5.92 Å². The van der Waals surface area contributed by atoms with Crippen LogP contribution in [-0.2, 0) is 14.3 Å². The topological polar surface area (TPSA) is 82.1 Å². The summed E-state index contributed by atoms with van der Waals surface area (Å²) in [4.78, 5) is 36.5. The zero-order valence-corrected chi connectivity index (χ0v) is 13.9. The zero-order chi connectivity index (χ0) is 17.6. The largest absolute Gasteiger partial charge is 0.516 e. The molecule has 0 N–H and O–H groups in total. The van der Waals surface area contributed by atoms with E-state index >= 15 is 0 Å². The van der Waals surface area contributed by atoms with Crippen LogP contribution in [0.15, 0.2) is 24.3 Å². The Labute approximate surface area is 135 Å². The third-order valence-corrected chi connectivity index (χ3v) is 2.73. The summed E-state index contributed by atoms with van der Waals surface area (Å²) in [6.45, 7) is 4.73. The smallest absolute Gasteiger partial charge is 0.425 e. The van der Waals surface area contributed by atoms with Gasteiger partial charge in [-0.15, -0.1) is 0 Å². The van der Waals surface area contributed by atoms with Gasteiger partial charge in [0.2, 0.25) is 6.29 Å². The monoisotopic (exact) mass is 323 g/mol. The Morgan fingerprint density at radius 2 is 1.61 bits per heavy atom. The molecule has 0 aliphatic carbocycles. The first-order valence-electron chi connectivity index (χ1n) is 7.12. The van der Waals surface area contributed by atoms with Crippen molar-refractivity contribution in [1.82, 2.24) is 4.90 Å². The lowest BCUT2D eigenvalue weighted by Crippen LogP contribution is -2.27. The van der Waals surface area contributed by atoms with E-state index in [1.54, 1.807) is 40.1 Å². The quantitative estimate of drug-likeness (QED) is 0.470. The van der Waals surface area contributed by atoms with Crippen molar-refractivity contribution >= 4 is 18.0 Å². The van der Waals surface area contributed by atoms with Crippen LogP contribution in [0.1, 0.15) is 31.1 Å². The second-order valence-corrected chi connectivity index (χ2v) is 5.32. The highest BCUT2D eigenvalue weighted by Gasteiger charge is 2.20. The molecule has 0 aliphatic rings. The van der Waals surface area contributed by atoms with Crippen LogP contribution < -0.4 is 4.74 Å². The van der Waals surface area contributed by atoms with Crippen molar-refractivity contribution < 1.29 is 28.6 Å². The fourth-order valence-corrected chi connectivity index (χ4v) is 1.55. The van der Waals surface area contributed by atoms with Crippen LogP contribution in [0.25, 0.3) is 0 Å². The van der Waals surface area contributed by atoms with Gasteiger partial charge >= 0.3 is 12.1 Å². The summed E-state index contributed by atoms with van der Waals surface area (Å²) < 4.78 is 14.8. The number of carbonyl (C=O) groups is 3. The average molecular weight is 323 g/mol. The van der Waals surface area contributed by atoms with E-state index in [1.165, 1.54) is 24.0 Å². The normalized spacial score (nSPS) is 11.6. The molecule has 0 unspecified atom stereocenters. The first-order valence-corrected chi connectivity index (χ1v) is 7.12. The third-order valence-electron chi connectivity index (χ3n) is 2.73. The summed E-state index contributed by atoms with van der Waals surface area (Å²) in [6.07, 6.45) is -2.15. The number of para-hydroxylation sites is 1. The molecule has 1 amide bonds. The molecule has 23 heavy (non-hydrogen) atoms. The lowest BCUT2D eigenvalue weighted by molar-refractivity contribution is -0.170. The number of amides is 1. The lowest BCUT2D eigenvalue weighted by Gasteiger charge is -2.16. The van der Waals surface area contributed by atoms with Gasteiger partial charge in [0.1, 0.15) is 5.75 Å². The van der Waals surface area contributed by atoms with Gasteiger partial charge in [0, 0.05) is 21.0 Å². The van der Waals surface area contributed by atoms with Crippen LogP contribution in [0, 0.1) is 5.92 Å². The van der Waals surface area contributed by atoms with E-state index < -0.39 is 18.4 Å². The highest BCUT2D eigenvalue weighted by atomic mass is 16.8. The van der Waals surface area contributed by atoms with Gasteiger partial charge in [-0.25, -0.2) is 4.79 Å². The molecule has 7 nitrogen and oxygen atoms in total. The van der Waals surface area contributed by atoms with Crippen molar-refractivity contribution in [3.63, 3.8) is 0 Å². The second kappa shape index (κ2) is 8.17. The predicted molar refractivity (Wildman–Crippen MR) is 82.0 cm³/mol. The Hall–Kier alpha value is -2.57. The second-order valence-electron chi connectivity index (χ2n) is 5.32. The van der Waals surface area contributed by atoms with E-state index in [4.69, 9.17) is 14.2 Å². The Balaban J connectivity index is 2.71. The molecule has 1 rings (SSSR count). The molecular formula is C16H21NO6. The standard InChI is InChI=1S/C16H21NO6/c1-10(2)15(19)21-11(3)22-16(20)23-13-9-7-6-8-12(13)14(18)17(4)5/h6-11H,1-5H3/t11-/m1/s1. The van der Waals surface area contributed by atoms with Gasteiger partial charge in [-0.05, 0) is 12.1 Å². The van der Waals surface area contributed by atoms with Crippen LogP contribution in [0.3, 0.4) is 0 Å². The van der Waals surface area contributed by atoms with Crippen molar-refractivity contribution in [2.45, 2.75) is 27.1 Å². The Bertz CT molecular complexity index is 582. The Kier molecular flexibility index (Phi) is 6.56. The minimum Gasteiger partial charge on any atom is -0.425 e. The highest BCUT2D eigenvalue weighted by molar-refractivity contribution is 5.97. The van der Waals surface area contributed by atoms with Gasteiger partial charge in [-0.2, -0.15) is 0 Å².